The Labute approximate surface area is 228 Å². The first kappa shape index (κ1) is 26.4. The topological polar surface area (TPSA) is 131 Å². The molecule has 3 aromatic heterocycles. The van der Waals surface area contributed by atoms with E-state index >= 15 is 0 Å². The average Bonchev–Trinajstić information content (AvgIpc) is 3.41. The molecule has 0 spiro atoms. The number of benzene rings is 1. The van der Waals surface area contributed by atoms with Gasteiger partial charge in [0.15, 0.2) is 5.82 Å². The van der Waals surface area contributed by atoms with Crippen LogP contribution in [0.3, 0.4) is 0 Å². The molecular weight excluding hydrogens is 514 g/mol. The number of hydrogen-bond donors (Lipinski definition) is 1. The van der Waals surface area contributed by atoms with E-state index in [2.05, 4.69) is 25.4 Å². The van der Waals surface area contributed by atoms with Crippen molar-refractivity contribution in [2.75, 3.05) is 22.9 Å². The third-order valence-electron chi connectivity index (χ3n) is 6.68. The van der Waals surface area contributed by atoms with Crippen molar-refractivity contribution in [2.45, 2.75) is 40.5 Å². The number of pyridine rings is 1. The maximum atomic E-state index is 12.6. The summed E-state index contributed by atoms with van der Waals surface area (Å²) in [5, 5.41) is 7.79. The summed E-state index contributed by atoms with van der Waals surface area (Å²) in [5.74, 6) is 1.28. The van der Waals surface area contributed by atoms with Gasteiger partial charge in [-0.2, -0.15) is 5.10 Å². The fraction of sp³-hybridized carbons (Fsp3) is 0.333. The molecule has 0 aliphatic carbocycles. The number of nitrogens with one attached hydrogen (secondary N) is 1. The zero-order valence-corrected chi connectivity index (χ0v) is 23.9. The lowest BCUT2D eigenvalue weighted by atomic mass is 10.1. The summed E-state index contributed by atoms with van der Waals surface area (Å²) in [6, 6.07) is 7.49. The lowest BCUT2D eigenvalue weighted by Crippen LogP contribution is -2.25. The fourth-order valence-corrected chi connectivity index (χ4v) is 5.05. The van der Waals surface area contributed by atoms with Crippen LogP contribution in [-0.2, 0) is 29.9 Å². The Morgan fingerprint density at radius 1 is 1.00 bits per heavy atom. The molecule has 202 valence electrons. The minimum atomic E-state index is -3.56. The molecule has 1 aromatic carbocycles. The van der Waals surface area contributed by atoms with Gasteiger partial charge in [-0.05, 0) is 52.0 Å². The molecule has 4 aromatic rings. The van der Waals surface area contributed by atoms with Crippen LogP contribution in [0.25, 0.3) is 11.4 Å². The number of rotatable bonds is 7. The van der Waals surface area contributed by atoms with Gasteiger partial charge in [0.05, 0.1) is 46.1 Å². The molecule has 11 nitrogen and oxygen atoms in total. The molecule has 0 fully saturated rings. The maximum absolute atomic E-state index is 12.6. The highest BCUT2D eigenvalue weighted by molar-refractivity contribution is 7.92. The monoisotopic (exact) mass is 545 g/mol. The Hall–Kier alpha value is -4.19. The fourth-order valence-electron chi connectivity index (χ4n) is 4.54. The second-order valence-corrected chi connectivity index (χ2v) is 11.9. The second kappa shape index (κ2) is 9.84. The van der Waals surface area contributed by atoms with Crippen molar-refractivity contribution in [2.24, 2.45) is 12.0 Å². The molecule has 0 atom stereocenters. The Balaban J connectivity index is 1.59. The van der Waals surface area contributed by atoms with E-state index in [4.69, 9.17) is 9.98 Å². The highest BCUT2D eigenvalue weighted by atomic mass is 32.2. The van der Waals surface area contributed by atoms with E-state index in [0.29, 0.717) is 35.9 Å². The van der Waals surface area contributed by atoms with E-state index in [-0.39, 0.29) is 0 Å². The number of sulfonamides is 1. The number of anilines is 3. The van der Waals surface area contributed by atoms with Gasteiger partial charge in [0.25, 0.3) is 0 Å². The number of aryl methyl sites for hydroxylation is 4. The van der Waals surface area contributed by atoms with Gasteiger partial charge in [0, 0.05) is 50.1 Å². The van der Waals surface area contributed by atoms with Crippen molar-refractivity contribution in [1.29, 1.82) is 0 Å². The molecular formula is C27H31N9O2S. The van der Waals surface area contributed by atoms with Gasteiger partial charge in [-0.3, -0.25) is 24.2 Å². The largest absolute Gasteiger partial charge is 0.352 e. The predicted molar refractivity (Wildman–Crippen MR) is 153 cm³/mol. The summed E-state index contributed by atoms with van der Waals surface area (Å²) in [6.07, 6.45) is 4.11. The molecule has 1 aliphatic heterocycles. The maximum Gasteiger partial charge on any atom is 0.232 e. The first-order valence-electron chi connectivity index (χ1n) is 12.5. The van der Waals surface area contributed by atoms with E-state index < -0.39 is 10.0 Å². The van der Waals surface area contributed by atoms with Crippen LogP contribution in [0.2, 0.25) is 0 Å². The van der Waals surface area contributed by atoms with Crippen LogP contribution < -0.4 is 9.62 Å². The van der Waals surface area contributed by atoms with Gasteiger partial charge in [-0.15, -0.1) is 0 Å². The van der Waals surface area contributed by atoms with Crippen molar-refractivity contribution in [1.82, 2.24) is 29.7 Å². The van der Waals surface area contributed by atoms with Crippen LogP contribution in [0.15, 0.2) is 35.5 Å². The second-order valence-electron chi connectivity index (χ2n) is 9.88. The molecule has 0 bridgehead atoms. The number of hydrogen-bond acceptors (Lipinski definition) is 9. The van der Waals surface area contributed by atoms with E-state index in [1.165, 1.54) is 17.6 Å². The molecule has 0 saturated heterocycles. The number of aromatic nitrogens is 6. The minimum absolute atomic E-state index is 0.474. The van der Waals surface area contributed by atoms with Gasteiger partial charge in [-0.1, -0.05) is 0 Å². The summed E-state index contributed by atoms with van der Waals surface area (Å²) in [6.45, 7) is 7.67. The van der Waals surface area contributed by atoms with Crippen LogP contribution in [0.4, 0.5) is 22.7 Å². The van der Waals surface area contributed by atoms with Crippen LogP contribution in [0, 0.1) is 20.8 Å². The number of fused-ring (bicyclic) bond motifs is 1. The Morgan fingerprint density at radius 2 is 1.77 bits per heavy atom. The zero-order valence-electron chi connectivity index (χ0n) is 23.1. The van der Waals surface area contributed by atoms with Crippen LogP contribution in [-0.4, -0.2) is 57.1 Å². The van der Waals surface area contributed by atoms with Crippen molar-refractivity contribution in [3.8, 4) is 11.4 Å². The van der Waals surface area contributed by atoms with Gasteiger partial charge in [0.2, 0.25) is 10.0 Å². The quantitative estimate of drug-likeness (QED) is 0.369. The van der Waals surface area contributed by atoms with E-state index in [0.717, 1.165) is 51.1 Å². The predicted octanol–water partition coefficient (Wildman–Crippen LogP) is 3.97. The summed E-state index contributed by atoms with van der Waals surface area (Å²) < 4.78 is 28.2. The molecule has 4 heterocycles. The van der Waals surface area contributed by atoms with Crippen LogP contribution in [0.1, 0.15) is 41.2 Å². The smallest absolute Gasteiger partial charge is 0.232 e. The minimum Gasteiger partial charge on any atom is -0.352 e. The lowest BCUT2D eigenvalue weighted by Gasteiger charge is -2.22. The first-order chi connectivity index (χ1) is 18.4. The molecule has 39 heavy (non-hydrogen) atoms. The number of aliphatic imine (C=N–C) groups is 1. The van der Waals surface area contributed by atoms with Crippen LogP contribution in [0.5, 0.6) is 0 Å². The van der Waals surface area contributed by atoms with Crippen molar-refractivity contribution in [3.05, 3.63) is 64.8 Å². The summed E-state index contributed by atoms with van der Waals surface area (Å²) in [5.41, 5.74) is 8.59. The van der Waals surface area contributed by atoms with E-state index in [9.17, 15) is 8.42 Å². The molecule has 0 saturated carbocycles. The Morgan fingerprint density at radius 3 is 2.44 bits per heavy atom. The zero-order chi connectivity index (χ0) is 28.1. The lowest BCUT2D eigenvalue weighted by molar-refractivity contribution is 0.600. The Kier molecular flexibility index (Phi) is 6.67. The van der Waals surface area contributed by atoms with Crippen molar-refractivity contribution >= 4 is 38.5 Å². The summed E-state index contributed by atoms with van der Waals surface area (Å²) in [4.78, 5) is 23.2. The molecule has 12 heteroatoms. The number of nitrogens with zero attached hydrogens (tertiary/aromatic N) is 8. The first-order valence-corrected chi connectivity index (χ1v) is 14.3. The third kappa shape index (κ3) is 5.37. The molecule has 1 aliphatic rings. The molecule has 0 radical (unpaired) electrons. The van der Waals surface area contributed by atoms with Crippen LogP contribution >= 0.6 is 0 Å². The third-order valence-corrected chi connectivity index (χ3v) is 7.87. The molecule has 0 unspecified atom stereocenters. The standard InChI is InChI=1S/C27H31N9O2S/c1-15-10-23-26(29-15)24(13-20(32-23)12-21-14-28-16(2)17(3)30-21)33-22-9-8-19(27-31-18(4)34-35(27)5)11-25(22)36(6)39(7,37)38/h8-9,11,13-14H,10,12H2,1-7H3,(H,32,33). The van der Waals surface area contributed by atoms with E-state index in [1.807, 2.05) is 52.9 Å². The highest BCUT2D eigenvalue weighted by Crippen LogP contribution is 2.40. The molecule has 0 amide bonds. The van der Waals surface area contributed by atoms with Gasteiger partial charge in [-0.25, -0.2) is 18.1 Å². The summed E-state index contributed by atoms with van der Waals surface area (Å²) >= 11 is 0. The van der Waals surface area contributed by atoms with Gasteiger partial charge >= 0.3 is 0 Å². The van der Waals surface area contributed by atoms with Gasteiger partial charge < -0.3 is 5.32 Å². The van der Waals surface area contributed by atoms with E-state index in [1.54, 1.807) is 16.9 Å². The van der Waals surface area contributed by atoms with Crippen molar-refractivity contribution in [3.63, 3.8) is 0 Å². The van der Waals surface area contributed by atoms with Crippen molar-refractivity contribution < 1.29 is 8.42 Å². The average molecular weight is 546 g/mol. The SMILES string of the molecule is CC1=Nc2c(Nc3ccc(-c4nc(C)nn4C)cc3N(C)S(C)(=O)=O)cc(Cc3cnc(C)c(C)n3)nc2C1. The Bertz CT molecular complexity index is 1740. The molecule has 1 N–H and O–H groups in total. The highest BCUT2D eigenvalue weighted by Gasteiger charge is 2.23. The van der Waals surface area contributed by atoms with Gasteiger partial charge in [0.1, 0.15) is 11.5 Å². The summed E-state index contributed by atoms with van der Waals surface area (Å²) in [7, 11) is -0.215. The normalized spacial score (nSPS) is 12.8. The molecule has 5 rings (SSSR count).